The predicted octanol–water partition coefficient (Wildman–Crippen LogP) is 2.53. The minimum atomic E-state index is 0. The third-order valence-corrected chi connectivity index (χ3v) is 5.14. The smallest absolute Gasteiger partial charge is 0.189 e. The van der Waals surface area contributed by atoms with E-state index in [0.717, 1.165) is 43.0 Å². The summed E-state index contributed by atoms with van der Waals surface area (Å²) >= 11 is 1.38. The summed E-state index contributed by atoms with van der Waals surface area (Å²) < 4.78 is 3.91. The average Bonchev–Trinajstić information content (AvgIpc) is 3.01. The van der Waals surface area contributed by atoms with Gasteiger partial charge in [0.05, 0.1) is 17.1 Å². The Morgan fingerprint density at radius 2 is 2.04 bits per heavy atom. The molecule has 2 heterocycles. The molecule has 1 fully saturated rings. The highest BCUT2D eigenvalue weighted by atomic mass is 127. The van der Waals surface area contributed by atoms with Gasteiger partial charge in [-0.1, -0.05) is 34.8 Å². The summed E-state index contributed by atoms with van der Waals surface area (Å²) in [6.07, 6.45) is 2.17. The number of rotatable bonds is 5. The summed E-state index contributed by atoms with van der Waals surface area (Å²) in [5, 5.41) is 7.34. The van der Waals surface area contributed by atoms with E-state index in [1.54, 1.807) is 0 Å². The molecule has 0 aliphatic carbocycles. The van der Waals surface area contributed by atoms with Gasteiger partial charge in [0, 0.05) is 25.7 Å². The van der Waals surface area contributed by atoms with Gasteiger partial charge in [0.25, 0.3) is 0 Å². The Morgan fingerprint density at radius 3 is 2.68 bits per heavy atom. The summed E-state index contributed by atoms with van der Waals surface area (Å²) in [7, 11) is 0. The van der Waals surface area contributed by atoms with E-state index in [2.05, 4.69) is 55.1 Å². The van der Waals surface area contributed by atoms with Crippen molar-refractivity contribution < 1.29 is 0 Å². The van der Waals surface area contributed by atoms with Crippen molar-refractivity contribution in [1.82, 2.24) is 19.8 Å². The molecule has 1 aliphatic heterocycles. The Balaban J connectivity index is 0.00000225. The number of aromatic nitrogens is 2. The molecule has 0 bridgehead atoms. The van der Waals surface area contributed by atoms with E-state index >= 15 is 0 Å². The first-order chi connectivity index (χ1) is 11.7. The third kappa shape index (κ3) is 6.19. The molecule has 0 radical (unpaired) electrons. The zero-order chi connectivity index (χ0) is 16.8. The molecule has 1 aromatic carbocycles. The molecule has 8 heteroatoms. The highest BCUT2D eigenvalue weighted by molar-refractivity contribution is 14.0. The zero-order valence-electron chi connectivity index (χ0n) is 14.4. The highest BCUT2D eigenvalue weighted by Crippen LogP contribution is 2.14. The maximum absolute atomic E-state index is 6.02. The van der Waals surface area contributed by atoms with Gasteiger partial charge in [-0.25, -0.2) is 4.99 Å². The zero-order valence-corrected chi connectivity index (χ0v) is 17.5. The number of aryl methyl sites for hydroxylation is 1. The molecule has 0 atom stereocenters. The minimum Gasteiger partial charge on any atom is -0.370 e. The lowest BCUT2D eigenvalue weighted by Crippen LogP contribution is -2.46. The second-order valence-corrected chi connectivity index (χ2v) is 7.00. The quantitative estimate of drug-likeness (QED) is 0.397. The standard InChI is InChI=1S/C17H24N6S.HI/c1-13-16(24-22-21-13)11-19-17(18)20-15-7-9-23(10-8-15)12-14-5-3-2-4-6-14;/h2-6,15H,7-12H2,1H3,(H3,18,19,20);1H. The molecule has 6 nitrogen and oxygen atoms in total. The van der Waals surface area contributed by atoms with Crippen LogP contribution in [-0.4, -0.2) is 39.6 Å². The van der Waals surface area contributed by atoms with Crippen LogP contribution in [0.3, 0.4) is 0 Å². The molecule has 1 aliphatic rings. The van der Waals surface area contributed by atoms with Crippen molar-refractivity contribution in [2.24, 2.45) is 10.7 Å². The van der Waals surface area contributed by atoms with Crippen LogP contribution in [0.2, 0.25) is 0 Å². The van der Waals surface area contributed by atoms with Crippen LogP contribution in [-0.2, 0) is 13.1 Å². The number of hydrogen-bond donors (Lipinski definition) is 2. The summed E-state index contributed by atoms with van der Waals surface area (Å²) in [4.78, 5) is 7.97. The average molecular weight is 472 g/mol. The van der Waals surface area contributed by atoms with E-state index in [1.165, 1.54) is 17.1 Å². The maximum Gasteiger partial charge on any atom is 0.189 e. The van der Waals surface area contributed by atoms with E-state index in [4.69, 9.17) is 5.73 Å². The molecule has 25 heavy (non-hydrogen) atoms. The Kier molecular flexibility index (Phi) is 8.04. The van der Waals surface area contributed by atoms with Crippen LogP contribution < -0.4 is 11.1 Å². The van der Waals surface area contributed by atoms with Crippen LogP contribution in [0.15, 0.2) is 35.3 Å². The Morgan fingerprint density at radius 1 is 1.32 bits per heavy atom. The molecule has 1 saturated heterocycles. The van der Waals surface area contributed by atoms with Crippen LogP contribution in [0.5, 0.6) is 0 Å². The lowest BCUT2D eigenvalue weighted by molar-refractivity contribution is 0.199. The van der Waals surface area contributed by atoms with Crippen LogP contribution in [0, 0.1) is 6.92 Å². The lowest BCUT2D eigenvalue weighted by atomic mass is 10.0. The molecule has 0 saturated carbocycles. The van der Waals surface area contributed by atoms with Gasteiger partial charge in [-0.2, -0.15) is 0 Å². The molecular formula is C17H25IN6S. The SMILES string of the molecule is Cc1nnsc1CN=C(N)NC1CCN(Cc2ccccc2)CC1.I. The van der Waals surface area contributed by atoms with E-state index in [9.17, 15) is 0 Å². The number of nitrogens with zero attached hydrogens (tertiary/aromatic N) is 4. The number of aliphatic imine (C=N–C) groups is 1. The van der Waals surface area contributed by atoms with Crippen LogP contribution in [0.1, 0.15) is 29.0 Å². The van der Waals surface area contributed by atoms with Crippen LogP contribution in [0.4, 0.5) is 0 Å². The van der Waals surface area contributed by atoms with Gasteiger partial charge < -0.3 is 11.1 Å². The lowest BCUT2D eigenvalue weighted by Gasteiger charge is -2.32. The predicted molar refractivity (Wildman–Crippen MR) is 113 cm³/mol. The van der Waals surface area contributed by atoms with Gasteiger partial charge in [0.2, 0.25) is 0 Å². The van der Waals surface area contributed by atoms with Gasteiger partial charge >= 0.3 is 0 Å². The Hall–Kier alpha value is -1.26. The van der Waals surface area contributed by atoms with Crippen molar-refractivity contribution in [3.8, 4) is 0 Å². The third-order valence-electron chi connectivity index (χ3n) is 4.33. The number of hydrogen-bond acceptors (Lipinski definition) is 5. The fourth-order valence-electron chi connectivity index (χ4n) is 2.88. The summed E-state index contributed by atoms with van der Waals surface area (Å²) in [6.45, 7) is 5.68. The van der Waals surface area contributed by atoms with Crippen molar-refractivity contribution in [3.63, 3.8) is 0 Å². The van der Waals surface area contributed by atoms with Crippen molar-refractivity contribution in [1.29, 1.82) is 0 Å². The number of likely N-dealkylation sites (tertiary alicyclic amines) is 1. The second-order valence-electron chi connectivity index (χ2n) is 6.16. The molecule has 2 aromatic rings. The number of piperidine rings is 1. The van der Waals surface area contributed by atoms with E-state index in [1.807, 2.05) is 6.92 Å². The number of halogens is 1. The van der Waals surface area contributed by atoms with Crippen molar-refractivity contribution in [2.75, 3.05) is 13.1 Å². The molecule has 3 N–H and O–H groups in total. The number of guanidine groups is 1. The number of nitrogens with two attached hydrogens (primary N) is 1. The van der Waals surface area contributed by atoms with Crippen molar-refractivity contribution in [3.05, 3.63) is 46.5 Å². The summed E-state index contributed by atoms with van der Waals surface area (Å²) in [6, 6.07) is 11.0. The normalized spacial score (nSPS) is 16.4. The molecule has 0 amide bonds. The fraction of sp³-hybridized carbons (Fsp3) is 0.471. The van der Waals surface area contributed by atoms with Crippen molar-refractivity contribution >= 4 is 41.5 Å². The summed E-state index contributed by atoms with van der Waals surface area (Å²) in [5.74, 6) is 0.518. The van der Waals surface area contributed by atoms with Crippen molar-refractivity contribution in [2.45, 2.75) is 38.9 Å². The molecule has 0 unspecified atom stereocenters. The van der Waals surface area contributed by atoms with E-state index in [0.29, 0.717) is 18.5 Å². The van der Waals surface area contributed by atoms with E-state index in [-0.39, 0.29) is 24.0 Å². The largest absolute Gasteiger partial charge is 0.370 e. The maximum atomic E-state index is 6.02. The molecule has 1 aromatic heterocycles. The first-order valence-electron chi connectivity index (χ1n) is 8.31. The Labute approximate surface area is 170 Å². The van der Waals surface area contributed by atoms with Crippen LogP contribution >= 0.6 is 35.5 Å². The fourth-order valence-corrected chi connectivity index (χ4v) is 3.44. The van der Waals surface area contributed by atoms with Gasteiger partial charge in [-0.05, 0) is 36.9 Å². The number of nitrogens with one attached hydrogen (secondary N) is 1. The topological polar surface area (TPSA) is 79.4 Å². The monoisotopic (exact) mass is 472 g/mol. The second kappa shape index (κ2) is 10.0. The minimum absolute atomic E-state index is 0. The summed E-state index contributed by atoms with van der Waals surface area (Å²) in [5.41, 5.74) is 8.33. The van der Waals surface area contributed by atoms with Gasteiger partial charge in [0.15, 0.2) is 5.96 Å². The highest BCUT2D eigenvalue weighted by Gasteiger charge is 2.19. The Bertz CT molecular complexity index is 667. The van der Waals surface area contributed by atoms with Gasteiger partial charge in [0.1, 0.15) is 0 Å². The number of benzene rings is 1. The van der Waals surface area contributed by atoms with Gasteiger partial charge in [-0.3, -0.25) is 4.90 Å². The van der Waals surface area contributed by atoms with Crippen LogP contribution in [0.25, 0.3) is 0 Å². The first-order valence-corrected chi connectivity index (χ1v) is 9.08. The molecule has 3 rings (SSSR count). The molecular weight excluding hydrogens is 447 g/mol. The van der Waals surface area contributed by atoms with Gasteiger partial charge in [-0.15, -0.1) is 29.1 Å². The molecule has 136 valence electrons. The molecule has 0 spiro atoms. The first kappa shape index (κ1) is 20.1. The van der Waals surface area contributed by atoms with E-state index < -0.39 is 0 Å².